The van der Waals surface area contributed by atoms with Crippen LogP contribution in [0.3, 0.4) is 0 Å². The van der Waals surface area contributed by atoms with Gasteiger partial charge in [-0.05, 0) is 12.0 Å². The minimum Gasteiger partial charge on any atom is -0.325 e. The normalized spacial score (nSPS) is 11.1. The van der Waals surface area contributed by atoms with Crippen molar-refractivity contribution in [3.05, 3.63) is 18.0 Å². The van der Waals surface area contributed by atoms with Gasteiger partial charge in [0.15, 0.2) is 0 Å². The van der Waals surface area contributed by atoms with Gasteiger partial charge in [0.05, 0.1) is 5.69 Å². The summed E-state index contributed by atoms with van der Waals surface area (Å²) in [5.74, 6) is 0.741. The Morgan fingerprint density at radius 1 is 1.46 bits per heavy atom. The highest BCUT2D eigenvalue weighted by atomic mass is 15.3. The third kappa shape index (κ3) is 2.84. The Labute approximate surface area is 79.9 Å². The van der Waals surface area contributed by atoms with Crippen LogP contribution in [-0.4, -0.2) is 9.78 Å². The van der Waals surface area contributed by atoms with E-state index in [4.69, 9.17) is 5.73 Å². The van der Waals surface area contributed by atoms with Crippen molar-refractivity contribution in [2.24, 2.45) is 11.7 Å². The van der Waals surface area contributed by atoms with Crippen molar-refractivity contribution in [1.29, 1.82) is 0 Å². The van der Waals surface area contributed by atoms with Gasteiger partial charge in [0, 0.05) is 19.3 Å². The maximum absolute atomic E-state index is 5.48. The molecular weight excluding hydrogens is 162 g/mol. The summed E-state index contributed by atoms with van der Waals surface area (Å²) in [6.45, 7) is 6.01. The van der Waals surface area contributed by atoms with Crippen LogP contribution in [0, 0.1) is 5.92 Å². The zero-order valence-corrected chi connectivity index (χ0v) is 8.53. The Balaban J connectivity index is 2.52. The molecule has 0 unspecified atom stereocenters. The Morgan fingerprint density at radius 2 is 2.15 bits per heavy atom. The summed E-state index contributed by atoms with van der Waals surface area (Å²) in [6, 6.07) is 1.99. The molecule has 0 saturated carbocycles. The molecule has 0 fully saturated rings. The predicted octanol–water partition coefficient (Wildman–Crippen LogP) is 1.78. The van der Waals surface area contributed by atoms with Crippen LogP contribution in [0.25, 0.3) is 0 Å². The fourth-order valence-electron chi connectivity index (χ4n) is 1.43. The molecule has 0 spiro atoms. The molecule has 1 rings (SSSR count). The fraction of sp³-hybridized carbons (Fsp3) is 0.700. The fourth-order valence-corrected chi connectivity index (χ4v) is 1.43. The largest absolute Gasteiger partial charge is 0.325 e. The lowest BCUT2D eigenvalue weighted by Crippen LogP contribution is -2.10. The van der Waals surface area contributed by atoms with E-state index in [1.165, 1.54) is 12.8 Å². The van der Waals surface area contributed by atoms with E-state index >= 15 is 0 Å². The van der Waals surface area contributed by atoms with Gasteiger partial charge in [-0.1, -0.05) is 26.7 Å². The molecule has 2 N–H and O–H groups in total. The van der Waals surface area contributed by atoms with Crippen molar-refractivity contribution in [1.82, 2.24) is 9.78 Å². The molecule has 0 aliphatic rings. The summed E-state index contributed by atoms with van der Waals surface area (Å²) in [7, 11) is 0. The lowest BCUT2D eigenvalue weighted by atomic mass is 10.0. The monoisotopic (exact) mass is 181 g/mol. The van der Waals surface area contributed by atoms with E-state index in [9.17, 15) is 0 Å². The van der Waals surface area contributed by atoms with Crippen LogP contribution >= 0.6 is 0 Å². The van der Waals surface area contributed by atoms with Crippen LogP contribution in [-0.2, 0) is 13.1 Å². The lowest BCUT2D eigenvalue weighted by Gasteiger charge is -2.11. The number of nitrogens with two attached hydrogens (primary N) is 1. The van der Waals surface area contributed by atoms with Crippen LogP contribution in [0.1, 0.15) is 32.4 Å². The van der Waals surface area contributed by atoms with Crippen molar-refractivity contribution >= 4 is 0 Å². The molecule has 1 aromatic rings. The molecular formula is C10H19N3. The highest BCUT2D eigenvalue weighted by Crippen LogP contribution is 2.10. The molecule has 13 heavy (non-hydrogen) atoms. The van der Waals surface area contributed by atoms with E-state index in [1.807, 2.05) is 16.9 Å². The minimum atomic E-state index is 0.538. The highest BCUT2D eigenvalue weighted by molar-refractivity contribution is 4.97. The van der Waals surface area contributed by atoms with E-state index in [2.05, 4.69) is 18.9 Å². The molecule has 0 radical (unpaired) electrons. The summed E-state index contributed by atoms with van der Waals surface area (Å²) < 4.78 is 2.00. The maximum Gasteiger partial charge on any atom is 0.0760 e. The molecule has 1 aromatic heterocycles. The van der Waals surface area contributed by atoms with Crippen LogP contribution in [0.2, 0.25) is 0 Å². The molecule has 1 heterocycles. The van der Waals surface area contributed by atoms with Gasteiger partial charge in [-0.25, -0.2) is 0 Å². The number of hydrogen-bond donors (Lipinski definition) is 1. The van der Waals surface area contributed by atoms with Crippen molar-refractivity contribution in [2.75, 3.05) is 0 Å². The van der Waals surface area contributed by atoms with Crippen LogP contribution in [0.4, 0.5) is 0 Å². The third-order valence-corrected chi connectivity index (χ3v) is 2.50. The first-order valence-electron chi connectivity index (χ1n) is 5.02. The van der Waals surface area contributed by atoms with Crippen molar-refractivity contribution < 1.29 is 0 Å². The molecule has 0 aliphatic carbocycles. The Bertz CT molecular complexity index is 238. The van der Waals surface area contributed by atoms with Gasteiger partial charge >= 0.3 is 0 Å². The molecule has 3 heteroatoms. The topological polar surface area (TPSA) is 43.8 Å². The molecule has 0 bridgehead atoms. The number of hydrogen-bond acceptors (Lipinski definition) is 2. The van der Waals surface area contributed by atoms with E-state index in [0.29, 0.717) is 6.54 Å². The first-order chi connectivity index (χ1) is 6.30. The van der Waals surface area contributed by atoms with Gasteiger partial charge in [-0.2, -0.15) is 5.10 Å². The first kappa shape index (κ1) is 10.3. The molecule has 0 amide bonds. The summed E-state index contributed by atoms with van der Waals surface area (Å²) in [5.41, 5.74) is 6.46. The van der Waals surface area contributed by atoms with Crippen molar-refractivity contribution in [3.8, 4) is 0 Å². The van der Waals surface area contributed by atoms with Gasteiger partial charge in [-0.3, -0.25) is 4.68 Å². The molecule has 74 valence electrons. The zero-order chi connectivity index (χ0) is 9.68. The third-order valence-electron chi connectivity index (χ3n) is 2.50. The molecule has 0 atom stereocenters. The van der Waals surface area contributed by atoms with Gasteiger partial charge in [0.2, 0.25) is 0 Å². The zero-order valence-electron chi connectivity index (χ0n) is 8.53. The summed E-state index contributed by atoms with van der Waals surface area (Å²) in [5, 5.41) is 4.36. The van der Waals surface area contributed by atoms with Crippen molar-refractivity contribution in [2.45, 2.75) is 39.8 Å². The molecule has 3 nitrogen and oxygen atoms in total. The van der Waals surface area contributed by atoms with Gasteiger partial charge in [0.25, 0.3) is 0 Å². The SMILES string of the molecule is CCC(CC)Cn1ccc(CN)n1. The standard InChI is InChI=1S/C10H19N3/c1-3-9(4-2)8-13-6-5-10(7-11)12-13/h5-6,9H,3-4,7-8,11H2,1-2H3. The van der Waals surface area contributed by atoms with Gasteiger partial charge < -0.3 is 5.73 Å². The van der Waals surface area contributed by atoms with Gasteiger partial charge in [0.1, 0.15) is 0 Å². The average molecular weight is 181 g/mol. The Hall–Kier alpha value is -0.830. The number of aromatic nitrogens is 2. The van der Waals surface area contributed by atoms with Gasteiger partial charge in [-0.15, -0.1) is 0 Å². The van der Waals surface area contributed by atoms with Crippen LogP contribution < -0.4 is 5.73 Å². The highest BCUT2D eigenvalue weighted by Gasteiger charge is 2.05. The second kappa shape index (κ2) is 5.02. The minimum absolute atomic E-state index is 0.538. The Kier molecular flexibility index (Phi) is 3.96. The van der Waals surface area contributed by atoms with E-state index in [0.717, 1.165) is 18.2 Å². The van der Waals surface area contributed by atoms with Crippen LogP contribution in [0.5, 0.6) is 0 Å². The summed E-state index contributed by atoms with van der Waals surface area (Å²) >= 11 is 0. The van der Waals surface area contributed by atoms with E-state index in [-0.39, 0.29) is 0 Å². The molecule has 0 saturated heterocycles. The molecule has 0 aromatic carbocycles. The van der Waals surface area contributed by atoms with E-state index < -0.39 is 0 Å². The number of nitrogens with zero attached hydrogens (tertiary/aromatic N) is 2. The second-order valence-electron chi connectivity index (χ2n) is 3.42. The van der Waals surface area contributed by atoms with Crippen LogP contribution in [0.15, 0.2) is 12.3 Å². The lowest BCUT2D eigenvalue weighted by molar-refractivity contribution is 0.394. The molecule has 0 aliphatic heterocycles. The van der Waals surface area contributed by atoms with Crippen molar-refractivity contribution in [3.63, 3.8) is 0 Å². The smallest absolute Gasteiger partial charge is 0.0760 e. The maximum atomic E-state index is 5.48. The first-order valence-corrected chi connectivity index (χ1v) is 5.02. The quantitative estimate of drug-likeness (QED) is 0.752. The summed E-state index contributed by atoms with van der Waals surface area (Å²) in [4.78, 5) is 0. The number of rotatable bonds is 5. The average Bonchev–Trinajstić information content (AvgIpc) is 2.61. The second-order valence-corrected chi connectivity index (χ2v) is 3.42. The predicted molar refractivity (Wildman–Crippen MR) is 54.2 cm³/mol. The Morgan fingerprint density at radius 3 is 2.62 bits per heavy atom. The van der Waals surface area contributed by atoms with E-state index in [1.54, 1.807) is 0 Å². The summed E-state index contributed by atoms with van der Waals surface area (Å²) in [6.07, 6.45) is 4.45.